The zero-order valence-electron chi connectivity index (χ0n) is 15.2. The van der Waals surface area contributed by atoms with Crippen LogP contribution in [0.1, 0.15) is 12.5 Å². The van der Waals surface area contributed by atoms with E-state index in [1.54, 1.807) is 42.0 Å². The highest BCUT2D eigenvalue weighted by molar-refractivity contribution is 6.39. The highest BCUT2D eigenvalue weighted by atomic mass is 35.5. The Morgan fingerprint density at radius 2 is 1.81 bits per heavy atom. The van der Waals surface area contributed by atoms with E-state index in [-0.39, 0.29) is 18.4 Å². The molecule has 142 valence electrons. The molecule has 1 heterocycles. The summed E-state index contributed by atoms with van der Waals surface area (Å²) in [6.07, 6.45) is 0.851. The number of nitrogens with zero attached hydrogens (tertiary/aromatic N) is 2. The fourth-order valence-corrected chi connectivity index (χ4v) is 3.63. The molecule has 0 aliphatic carbocycles. The summed E-state index contributed by atoms with van der Waals surface area (Å²) < 4.78 is 0. The monoisotopic (exact) mass is 405 g/mol. The molecule has 0 saturated carbocycles. The number of fused-ring (bicyclic) bond motifs is 1. The molecule has 0 radical (unpaired) electrons. The number of likely N-dealkylation sites (N-methyl/N-ethyl adjacent to an activating group) is 1. The molecule has 27 heavy (non-hydrogen) atoms. The molecular formula is C20H21Cl2N3O2. The van der Waals surface area contributed by atoms with Gasteiger partial charge >= 0.3 is 0 Å². The van der Waals surface area contributed by atoms with Gasteiger partial charge in [0.2, 0.25) is 11.8 Å². The van der Waals surface area contributed by atoms with Crippen LogP contribution in [0.5, 0.6) is 0 Å². The van der Waals surface area contributed by atoms with Gasteiger partial charge in [-0.05, 0) is 44.2 Å². The third-order valence-electron chi connectivity index (χ3n) is 4.79. The molecule has 0 spiro atoms. The summed E-state index contributed by atoms with van der Waals surface area (Å²) in [5.41, 5.74) is 2.51. The topological polar surface area (TPSA) is 52.7 Å². The van der Waals surface area contributed by atoms with E-state index in [1.165, 1.54) is 5.56 Å². The number of rotatable bonds is 5. The Morgan fingerprint density at radius 3 is 2.52 bits per heavy atom. The lowest BCUT2D eigenvalue weighted by molar-refractivity contribution is -0.124. The van der Waals surface area contributed by atoms with Crippen LogP contribution >= 0.6 is 23.2 Å². The van der Waals surface area contributed by atoms with Crippen LogP contribution in [0.4, 0.5) is 11.4 Å². The average Bonchev–Trinajstić information content (AvgIpc) is 3.07. The van der Waals surface area contributed by atoms with Gasteiger partial charge in [0, 0.05) is 12.2 Å². The Labute approximate surface area is 168 Å². The Hall–Kier alpha value is -2.08. The lowest BCUT2D eigenvalue weighted by atomic mass is 10.2. The quantitative estimate of drug-likeness (QED) is 0.821. The largest absolute Gasteiger partial charge is 0.322 e. The molecule has 0 saturated heterocycles. The number of carbonyl (C=O) groups is 2. The van der Waals surface area contributed by atoms with E-state index < -0.39 is 6.04 Å². The van der Waals surface area contributed by atoms with Crippen molar-refractivity contribution in [3.8, 4) is 0 Å². The second-order valence-electron chi connectivity index (χ2n) is 6.60. The van der Waals surface area contributed by atoms with E-state index >= 15 is 0 Å². The van der Waals surface area contributed by atoms with Crippen molar-refractivity contribution in [3.63, 3.8) is 0 Å². The third-order valence-corrected chi connectivity index (χ3v) is 5.42. The second kappa shape index (κ2) is 8.30. The molecule has 3 rings (SSSR count). The van der Waals surface area contributed by atoms with E-state index in [1.807, 2.05) is 24.3 Å². The first-order chi connectivity index (χ1) is 12.9. The maximum atomic E-state index is 12.9. The van der Waals surface area contributed by atoms with Crippen molar-refractivity contribution in [2.75, 3.05) is 30.4 Å². The van der Waals surface area contributed by atoms with Crippen LogP contribution in [0.3, 0.4) is 0 Å². The summed E-state index contributed by atoms with van der Waals surface area (Å²) >= 11 is 12.2. The van der Waals surface area contributed by atoms with E-state index in [0.29, 0.717) is 22.3 Å². The van der Waals surface area contributed by atoms with Gasteiger partial charge in [0.25, 0.3) is 0 Å². The Morgan fingerprint density at radius 1 is 1.15 bits per heavy atom. The molecule has 0 bridgehead atoms. The smallest absolute Gasteiger partial charge is 0.244 e. The number of hydrogen-bond donors (Lipinski definition) is 1. The normalized spacial score (nSPS) is 14.2. The molecule has 1 atom stereocenters. The highest BCUT2D eigenvalue weighted by Crippen LogP contribution is 2.30. The van der Waals surface area contributed by atoms with E-state index in [2.05, 4.69) is 5.32 Å². The van der Waals surface area contributed by atoms with Crippen molar-refractivity contribution in [2.45, 2.75) is 19.4 Å². The molecule has 1 N–H and O–H groups in total. The van der Waals surface area contributed by atoms with Crippen LogP contribution in [0.2, 0.25) is 10.0 Å². The number of hydrogen-bond acceptors (Lipinski definition) is 3. The maximum Gasteiger partial charge on any atom is 0.244 e. The van der Waals surface area contributed by atoms with E-state index in [0.717, 1.165) is 12.1 Å². The van der Waals surface area contributed by atoms with Crippen molar-refractivity contribution in [2.24, 2.45) is 0 Å². The number of para-hydroxylation sites is 2. The zero-order chi connectivity index (χ0) is 19.6. The van der Waals surface area contributed by atoms with Gasteiger partial charge in [0.05, 0.1) is 28.3 Å². The fraction of sp³-hybridized carbons (Fsp3) is 0.300. The average molecular weight is 406 g/mol. The lowest BCUT2D eigenvalue weighted by Gasteiger charge is -2.28. The van der Waals surface area contributed by atoms with Crippen LogP contribution in [0.15, 0.2) is 42.5 Å². The first-order valence-electron chi connectivity index (χ1n) is 8.72. The molecule has 2 amide bonds. The Kier molecular flexibility index (Phi) is 6.05. The summed E-state index contributed by atoms with van der Waals surface area (Å²) in [4.78, 5) is 28.8. The standard InChI is InChI=1S/C20H21Cl2N3O2/c1-13(20(27)25-11-10-14-6-3-4-9-17(14)25)24(2)12-18(26)23-19-15(21)7-5-8-16(19)22/h3-9,13H,10-12H2,1-2H3,(H,23,26). The second-order valence-corrected chi connectivity index (χ2v) is 7.42. The maximum absolute atomic E-state index is 12.9. The number of anilines is 2. The number of carbonyl (C=O) groups excluding carboxylic acids is 2. The minimum atomic E-state index is -0.441. The third kappa shape index (κ3) is 4.26. The number of amides is 2. The number of halogens is 2. The predicted octanol–water partition coefficient (Wildman–Crippen LogP) is 3.84. The Bertz CT molecular complexity index is 852. The zero-order valence-corrected chi connectivity index (χ0v) is 16.7. The van der Waals surface area contributed by atoms with Crippen LogP contribution < -0.4 is 10.2 Å². The summed E-state index contributed by atoms with van der Waals surface area (Å²) in [7, 11) is 1.75. The first kappa shape index (κ1) is 19.7. The molecule has 5 nitrogen and oxygen atoms in total. The van der Waals surface area contributed by atoms with E-state index in [4.69, 9.17) is 23.2 Å². The van der Waals surface area contributed by atoms with Gasteiger partial charge < -0.3 is 10.2 Å². The molecule has 1 aliphatic rings. The van der Waals surface area contributed by atoms with Crippen molar-refractivity contribution >= 4 is 46.4 Å². The summed E-state index contributed by atoms with van der Waals surface area (Å²) in [5, 5.41) is 3.46. The van der Waals surface area contributed by atoms with Gasteiger partial charge in [-0.3, -0.25) is 14.5 Å². The molecule has 7 heteroatoms. The summed E-state index contributed by atoms with van der Waals surface area (Å²) in [6.45, 7) is 2.51. The van der Waals surface area contributed by atoms with Gasteiger partial charge in [-0.25, -0.2) is 0 Å². The molecule has 0 aromatic heterocycles. The first-order valence-corrected chi connectivity index (χ1v) is 9.47. The highest BCUT2D eigenvalue weighted by Gasteiger charge is 2.30. The van der Waals surface area contributed by atoms with Crippen molar-refractivity contribution in [1.29, 1.82) is 0 Å². The molecule has 1 unspecified atom stereocenters. The lowest BCUT2D eigenvalue weighted by Crippen LogP contribution is -2.47. The minimum absolute atomic E-state index is 0.0222. The van der Waals surface area contributed by atoms with Gasteiger partial charge in [0.15, 0.2) is 0 Å². The molecule has 1 aliphatic heterocycles. The van der Waals surface area contributed by atoms with Crippen molar-refractivity contribution in [1.82, 2.24) is 4.90 Å². The van der Waals surface area contributed by atoms with Gasteiger partial charge in [-0.15, -0.1) is 0 Å². The molecular weight excluding hydrogens is 385 g/mol. The van der Waals surface area contributed by atoms with Crippen molar-refractivity contribution in [3.05, 3.63) is 58.1 Å². The molecule has 2 aromatic carbocycles. The SMILES string of the molecule is CC(C(=O)N1CCc2ccccc21)N(C)CC(=O)Nc1c(Cl)cccc1Cl. The Balaban J connectivity index is 1.63. The van der Waals surface area contributed by atoms with Gasteiger partial charge in [-0.1, -0.05) is 47.5 Å². The van der Waals surface area contributed by atoms with E-state index in [9.17, 15) is 9.59 Å². The van der Waals surface area contributed by atoms with Crippen LogP contribution in [-0.2, 0) is 16.0 Å². The van der Waals surface area contributed by atoms with Crippen LogP contribution in [0, 0.1) is 0 Å². The summed E-state index contributed by atoms with van der Waals surface area (Å²) in [5.74, 6) is -0.306. The van der Waals surface area contributed by atoms with Crippen LogP contribution in [0.25, 0.3) is 0 Å². The number of nitrogens with one attached hydrogen (secondary N) is 1. The molecule has 2 aromatic rings. The summed E-state index contributed by atoms with van der Waals surface area (Å²) in [6, 6.07) is 12.5. The van der Waals surface area contributed by atoms with Crippen molar-refractivity contribution < 1.29 is 9.59 Å². The predicted molar refractivity (Wildman–Crippen MR) is 110 cm³/mol. The molecule has 0 fully saturated rings. The van der Waals surface area contributed by atoms with Crippen LogP contribution in [-0.4, -0.2) is 42.9 Å². The fourth-order valence-electron chi connectivity index (χ4n) is 3.14. The minimum Gasteiger partial charge on any atom is -0.322 e. The van der Waals surface area contributed by atoms with Gasteiger partial charge in [-0.2, -0.15) is 0 Å². The number of benzene rings is 2. The van der Waals surface area contributed by atoms with Gasteiger partial charge in [0.1, 0.15) is 0 Å².